The van der Waals surface area contributed by atoms with Crippen molar-refractivity contribution in [1.82, 2.24) is 0 Å². The first-order valence-electron chi connectivity index (χ1n) is 25.9. The number of amides is 1. The molecule has 12 aliphatic rings. The predicted octanol–water partition coefficient (Wildman–Crippen LogP) is 6.92. The molecule has 13 heteroatoms. The summed E-state index contributed by atoms with van der Waals surface area (Å²) in [5.41, 5.74) is -6.84. The minimum absolute atomic E-state index is 0.0307. The average molecular weight is 962 g/mol. The number of aliphatic hydroxyl groups excluding tert-OH is 3. The number of phenolic OH excluding ortho intramolecular Hbond substituents is 1. The Morgan fingerprint density at radius 2 is 1.73 bits per heavy atom. The van der Waals surface area contributed by atoms with Crippen molar-refractivity contribution >= 4 is 39.0 Å². The summed E-state index contributed by atoms with van der Waals surface area (Å²) in [5, 5.41) is 85.2. The Hall–Kier alpha value is -1.94. The Labute approximate surface area is 404 Å². The maximum atomic E-state index is 15.8. The molecule has 5 heterocycles. The smallest absolute Gasteiger partial charge is 0.234 e. The summed E-state index contributed by atoms with van der Waals surface area (Å²) < 4.78 is 6.52. The SMILES string of the molecule is CC(C)C(C)C1OC1C1(O)CC=CC2CC3C4=CC(=O)C5(CSSCC6CCCC(CO)C67C(=O)N(CC76CCCC6)c6cc(O)cc(c6)CCC26C1CCC46O)CC(O)C(O)(CO)CC35C. The van der Waals surface area contributed by atoms with E-state index < -0.39 is 69.1 Å². The number of ketones is 1. The largest absolute Gasteiger partial charge is 0.508 e. The molecule has 1 aromatic carbocycles. The second kappa shape index (κ2) is 16.0. The van der Waals surface area contributed by atoms with Crippen LogP contribution in [-0.4, -0.2) is 114 Å². The first-order valence-corrected chi connectivity index (χ1v) is 28.4. The summed E-state index contributed by atoms with van der Waals surface area (Å²) in [7, 11) is 3.27. The van der Waals surface area contributed by atoms with Gasteiger partial charge in [-0.2, -0.15) is 0 Å². The van der Waals surface area contributed by atoms with E-state index in [4.69, 9.17) is 4.74 Å². The second-order valence-corrected chi connectivity index (χ2v) is 26.9. The fourth-order valence-corrected chi connectivity index (χ4v) is 21.4. The number of hydrogen-bond donors (Lipinski definition) is 7. The lowest BCUT2D eigenvalue weighted by atomic mass is 9.38. The molecule has 0 radical (unpaired) electrons. The third-order valence-electron chi connectivity index (χ3n) is 21.8. The molecule has 7 N–H and O–H groups in total. The van der Waals surface area contributed by atoms with Crippen LogP contribution < -0.4 is 4.90 Å². The molecule has 5 aliphatic heterocycles. The number of carbonyl (C=O) groups excluding carboxylic acids is 2. The summed E-state index contributed by atoms with van der Waals surface area (Å²) in [4.78, 5) is 33.3. The fraction of sp³-hybridized carbons (Fsp3) is 0.778. The predicted molar refractivity (Wildman–Crippen MR) is 259 cm³/mol. The molecule has 5 saturated carbocycles. The molecule has 1 aromatic rings. The Bertz CT molecular complexity index is 2250. The quantitative estimate of drug-likeness (QED) is 0.0918. The van der Waals surface area contributed by atoms with E-state index in [1.54, 1.807) is 39.8 Å². The zero-order valence-electron chi connectivity index (χ0n) is 40.0. The normalized spacial score (nSPS) is 48.0. The molecule has 2 saturated heterocycles. The van der Waals surface area contributed by atoms with Crippen LogP contribution in [0.1, 0.15) is 123 Å². The molecule has 67 heavy (non-hydrogen) atoms. The van der Waals surface area contributed by atoms with Gasteiger partial charge in [0.15, 0.2) is 5.78 Å². The lowest BCUT2D eigenvalue weighted by Gasteiger charge is -2.67. The Kier molecular flexibility index (Phi) is 11.3. The Morgan fingerprint density at radius 3 is 2.46 bits per heavy atom. The number of nitrogens with zero attached hydrogens (tertiary/aromatic N) is 1. The zero-order valence-corrected chi connectivity index (χ0v) is 41.6. The van der Waals surface area contributed by atoms with Crippen LogP contribution in [0, 0.1) is 68.5 Å². The van der Waals surface area contributed by atoms with Gasteiger partial charge >= 0.3 is 0 Å². The van der Waals surface area contributed by atoms with Gasteiger partial charge in [-0.3, -0.25) is 9.59 Å². The lowest BCUT2D eigenvalue weighted by Crippen LogP contribution is -2.71. The number of rotatable bonds is 5. The van der Waals surface area contributed by atoms with Crippen LogP contribution in [0.4, 0.5) is 5.69 Å². The number of epoxide rings is 1. The van der Waals surface area contributed by atoms with Gasteiger partial charge < -0.3 is 45.4 Å². The number of allylic oxidation sites excluding steroid dienone is 2. The van der Waals surface area contributed by atoms with Gasteiger partial charge in [0.2, 0.25) is 5.91 Å². The third kappa shape index (κ3) is 6.16. The minimum atomic E-state index is -1.86. The standard InChI is InChI=1S/C54H75NO10S2/c1-31(2)32(3)44-45(65-44)52(63)16-8-11-34-21-39-40-23-42(59)49(24-43(60)50(62,29-57)27-47(39,49)4)30-67-66-26-36-10-7-9-35(25-56)54(36)46(61)55(28-48(54)14-5-6-15-48)37-19-33(20-38(58)22-37)12-17-51(34)41(52)13-18-53(40,51)64/h8,11,19-20,22-23,31-32,34-36,39,41,43-45,56-58,60,62-64H,5-7,9-10,12-18,21,24-30H2,1-4H3. The van der Waals surface area contributed by atoms with Crippen LogP contribution in [0.25, 0.3) is 0 Å². The van der Waals surface area contributed by atoms with Crippen LogP contribution in [0.15, 0.2) is 42.0 Å². The van der Waals surface area contributed by atoms with E-state index in [1.165, 1.54) is 0 Å². The number of anilines is 1. The van der Waals surface area contributed by atoms with Crippen molar-refractivity contribution in [2.45, 2.75) is 159 Å². The maximum Gasteiger partial charge on any atom is 0.234 e. The number of aliphatic hydroxyl groups is 6. The summed E-state index contributed by atoms with van der Waals surface area (Å²) in [5.74, 6) is 0.130. The number of aryl methyl sites for hydroxylation is 1. The fourth-order valence-electron chi connectivity index (χ4n) is 18.2. The molecule has 0 aromatic heterocycles. The average Bonchev–Trinajstić information content (AvgIpc) is 3.80. The van der Waals surface area contributed by atoms with Crippen LogP contribution in [-0.2, 0) is 20.7 Å². The number of carbonyl (C=O) groups is 2. The molecular weight excluding hydrogens is 887 g/mol. The molecule has 7 fully saturated rings. The summed E-state index contributed by atoms with van der Waals surface area (Å²) in [6.45, 7) is 8.38. The van der Waals surface area contributed by atoms with E-state index in [0.717, 1.165) is 50.5 Å². The van der Waals surface area contributed by atoms with Crippen molar-refractivity contribution in [3.63, 3.8) is 0 Å². The maximum absolute atomic E-state index is 15.8. The van der Waals surface area contributed by atoms with Gasteiger partial charge in [0.1, 0.15) is 23.1 Å². The highest BCUT2D eigenvalue weighted by Crippen LogP contribution is 2.76. The first-order chi connectivity index (χ1) is 31.8. The highest BCUT2D eigenvalue weighted by molar-refractivity contribution is 8.76. The number of aromatic hydroxyl groups is 1. The van der Waals surface area contributed by atoms with E-state index in [9.17, 15) is 35.7 Å². The number of ether oxygens (including phenoxy) is 1. The molecule has 7 aliphatic carbocycles. The van der Waals surface area contributed by atoms with Crippen molar-refractivity contribution < 1.29 is 50.1 Å². The Morgan fingerprint density at radius 1 is 0.955 bits per heavy atom. The van der Waals surface area contributed by atoms with Crippen molar-refractivity contribution in [3.05, 3.63) is 47.6 Å². The van der Waals surface area contributed by atoms with Crippen LogP contribution in [0.3, 0.4) is 0 Å². The monoisotopic (exact) mass is 961 g/mol. The van der Waals surface area contributed by atoms with Gasteiger partial charge in [-0.25, -0.2) is 0 Å². The highest BCUT2D eigenvalue weighted by Gasteiger charge is 2.78. The molecule has 16 atom stereocenters. The molecule has 16 unspecified atom stereocenters. The number of phenols is 1. The van der Waals surface area contributed by atoms with E-state index >= 15 is 9.59 Å². The van der Waals surface area contributed by atoms with Crippen molar-refractivity contribution in [1.29, 1.82) is 0 Å². The minimum Gasteiger partial charge on any atom is -0.508 e. The molecule has 368 valence electrons. The highest BCUT2D eigenvalue weighted by atomic mass is 33.1. The lowest BCUT2D eigenvalue weighted by molar-refractivity contribution is -0.222. The second-order valence-electron chi connectivity index (χ2n) is 24.4. The van der Waals surface area contributed by atoms with Crippen molar-refractivity contribution in [2.24, 2.45) is 68.5 Å². The van der Waals surface area contributed by atoms with E-state index in [1.807, 2.05) is 4.90 Å². The van der Waals surface area contributed by atoms with Gasteiger partial charge in [-0.05, 0) is 147 Å². The third-order valence-corrected chi connectivity index (χ3v) is 24.4. The summed E-state index contributed by atoms with van der Waals surface area (Å²) in [6.07, 6.45) is 13.0. The van der Waals surface area contributed by atoms with Crippen molar-refractivity contribution in [3.8, 4) is 5.75 Å². The summed E-state index contributed by atoms with van der Waals surface area (Å²) in [6, 6.07) is 5.55. The number of fused-ring (bicyclic) bond motifs is 1. The van der Waals surface area contributed by atoms with Gasteiger partial charge in [-0.1, -0.05) is 80.7 Å². The van der Waals surface area contributed by atoms with Crippen LogP contribution in [0.2, 0.25) is 0 Å². The van der Waals surface area contributed by atoms with Crippen LogP contribution >= 0.6 is 21.6 Å². The molecule has 4 spiro atoms. The van der Waals surface area contributed by atoms with Gasteiger partial charge in [0.05, 0.1) is 35.2 Å². The van der Waals surface area contributed by atoms with Crippen molar-refractivity contribution in [2.75, 3.05) is 36.2 Å². The molecule has 8 bridgehead atoms. The van der Waals surface area contributed by atoms with E-state index in [2.05, 4.69) is 45.9 Å². The first kappa shape index (κ1) is 47.4. The van der Waals surface area contributed by atoms with Gasteiger partial charge in [-0.15, -0.1) is 0 Å². The Balaban J connectivity index is 1.10. The number of benzene rings is 1. The zero-order chi connectivity index (χ0) is 47.3. The van der Waals surface area contributed by atoms with Gasteiger partial charge in [0, 0.05) is 53.2 Å². The topological polar surface area (TPSA) is 192 Å². The van der Waals surface area contributed by atoms with E-state index in [0.29, 0.717) is 73.8 Å². The van der Waals surface area contributed by atoms with Gasteiger partial charge in [0.25, 0.3) is 0 Å². The molecule has 13 rings (SSSR count). The van der Waals surface area contributed by atoms with Crippen LogP contribution in [0.5, 0.6) is 5.75 Å². The number of hydrogen-bond acceptors (Lipinski definition) is 12. The molecule has 1 amide bonds. The van der Waals surface area contributed by atoms with E-state index in [-0.39, 0.29) is 72.1 Å². The molecular formula is C54H75NO10S2. The molecule has 11 nitrogen and oxygen atoms in total. The summed E-state index contributed by atoms with van der Waals surface area (Å²) >= 11 is 0.